The Balaban J connectivity index is 2.34. The van der Waals surface area contributed by atoms with E-state index in [0.29, 0.717) is 12.8 Å². The average molecular weight is 232 g/mol. The van der Waals surface area contributed by atoms with E-state index in [2.05, 4.69) is 0 Å². The summed E-state index contributed by atoms with van der Waals surface area (Å²) in [6.45, 7) is 1.88. The van der Waals surface area contributed by atoms with Crippen molar-refractivity contribution in [2.75, 3.05) is 0 Å². The van der Waals surface area contributed by atoms with E-state index in [1.807, 2.05) is 37.3 Å². The fraction of sp³-hybridized carbons (Fsp3) is 0.533. The van der Waals surface area contributed by atoms with E-state index in [1.165, 1.54) is 0 Å². The van der Waals surface area contributed by atoms with E-state index in [0.717, 1.165) is 24.8 Å². The molecule has 0 saturated heterocycles. The van der Waals surface area contributed by atoms with Crippen LogP contribution in [-0.2, 0) is 10.4 Å². The second-order valence-corrected chi connectivity index (χ2v) is 4.91. The number of ketones is 1. The van der Waals surface area contributed by atoms with E-state index < -0.39 is 5.60 Å². The van der Waals surface area contributed by atoms with E-state index in [9.17, 15) is 9.90 Å². The summed E-state index contributed by atoms with van der Waals surface area (Å²) >= 11 is 0. The highest BCUT2D eigenvalue weighted by Gasteiger charge is 2.43. The Morgan fingerprint density at radius 2 is 2.06 bits per heavy atom. The van der Waals surface area contributed by atoms with Gasteiger partial charge in [-0.15, -0.1) is 0 Å². The molecule has 1 N–H and O–H groups in total. The normalized spacial score (nSPS) is 28.9. The number of hydrogen-bond donors (Lipinski definition) is 1. The Kier molecular flexibility index (Phi) is 3.63. The summed E-state index contributed by atoms with van der Waals surface area (Å²) in [4.78, 5) is 12.0. The molecule has 0 radical (unpaired) electrons. The SMILES string of the molecule is CCC(=O)C1CCCCC1(O)c1ccccc1. The molecule has 0 bridgehead atoms. The van der Waals surface area contributed by atoms with Crippen molar-refractivity contribution in [3.8, 4) is 0 Å². The van der Waals surface area contributed by atoms with Gasteiger partial charge in [0.15, 0.2) is 0 Å². The molecule has 1 aromatic rings. The van der Waals surface area contributed by atoms with E-state index in [1.54, 1.807) is 0 Å². The van der Waals surface area contributed by atoms with Crippen molar-refractivity contribution >= 4 is 5.78 Å². The first-order chi connectivity index (χ1) is 8.18. The van der Waals surface area contributed by atoms with Gasteiger partial charge in [0.25, 0.3) is 0 Å². The van der Waals surface area contributed by atoms with Gasteiger partial charge in [0.2, 0.25) is 0 Å². The molecule has 2 atom stereocenters. The van der Waals surface area contributed by atoms with Crippen LogP contribution in [0.4, 0.5) is 0 Å². The number of carbonyl (C=O) groups excluding carboxylic acids is 1. The summed E-state index contributed by atoms with van der Waals surface area (Å²) in [7, 11) is 0. The summed E-state index contributed by atoms with van der Waals surface area (Å²) < 4.78 is 0. The second-order valence-electron chi connectivity index (χ2n) is 4.91. The fourth-order valence-electron chi connectivity index (χ4n) is 2.90. The Labute approximate surface area is 103 Å². The number of aliphatic hydroxyl groups is 1. The molecule has 92 valence electrons. The third kappa shape index (κ3) is 2.27. The maximum atomic E-state index is 12.0. The molecule has 1 fully saturated rings. The summed E-state index contributed by atoms with van der Waals surface area (Å²) in [5, 5.41) is 10.9. The van der Waals surface area contributed by atoms with Gasteiger partial charge < -0.3 is 5.11 Å². The van der Waals surface area contributed by atoms with Gasteiger partial charge in [0.05, 0.1) is 11.5 Å². The molecule has 1 saturated carbocycles. The first-order valence-corrected chi connectivity index (χ1v) is 6.49. The Bertz CT molecular complexity index is 385. The number of Topliss-reactive ketones (excluding diaryl/α,β-unsaturated/α-hetero) is 1. The van der Waals surface area contributed by atoms with Crippen LogP contribution in [-0.4, -0.2) is 10.9 Å². The molecule has 2 heteroatoms. The third-order valence-electron chi connectivity index (χ3n) is 3.89. The predicted molar refractivity (Wildman–Crippen MR) is 67.6 cm³/mol. The van der Waals surface area contributed by atoms with Gasteiger partial charge >= 0.3 is 0 Å². The second kappa shape index (κ2) is 5.01. The van der Waals surface area contributed by atoms with Gasteiger partial charge in [-0.2, -0.15) is 0 Å². The summed E-state index contributed by atoms with van der Waals surface area (Å²) in [5.41, 5.74) is -0.0430. The van der Waals surface area contributed by atoms with E-state index in [4.69, 9.17) is 0 Å². The molecule has 1 aromatic carbocycles. The van der Waals surface area contributed by atoms with Crippen molar-refractivity contribution in [2.45, 2.75) is 44.6 Å². The van der Waals surface area contributed by atoms with Gasteiger partial charge in [-0.3, -0.25) is 4.79 Å². The van der Waals surface area contributed by atoms with Gasteiger partial charge in [0.1, 0.15) is 5.78 Å². The average Bonchev–Trinajstić information content (AvgIpc) is 2.39. The third-order valence-corrected chi connectivity index (χ3v) is 3.89. The monoisotopic (exact) mass is 232 g/mol. The summed E-state index contributed by atoms with van der Waals surface area (Å²) in [6, 6.07) is 9.65. The van der Waals surface area contributed by atoms with Crippen LogP contribution in [0.2, 0.25) is 0 Å². The molecule has 0 spiro atoms. The van der Waals surface area contributed by atoms with Crippen molar-refractivity contribution in [1.29, 1.82) is 0 Å². The maximum absolute atomic E-state index is 12.0. The van der Waals surface area contributed by atoms with Gasteiger partial charge in [-0.25, -0.2) is 0 Å². The minimum Gasteiger partial charge on any atom is -0.384 e. The van der Waals surface area contributed by atoms with Crippen LogP contribution in [0.25, 0.3) is 0 Å². The van der Waals surface area contributed by atoms with Crippen LogP contribution in [0.15, 0.2) is 30.3 Å². The van der Waals surface area contributed by atoms with Gasteiger partial charge in [-0.1, -0.05) is 50.1 Å². The zero-order valence-electron chi connectivity index (χ0n) is 10.4. The maximum Gasteiger partial charge on any atom is 0.138 e. The van der Waals surface area contributed by atoms with Gasteiger partial charge in [0, 0.05) is 6.42 Å². The summed E-state index contributed by atoms with van der Waals surface area (Å²) in [5.74, 6) is -0.0281. The van der Waals surface area contributed by atoms with E-state index in [-0.39, 0.29) is 11.7 Å². The van der Waals surface area contributed by atoms with Crippen molar-refractivity contribution < 1.29 is 9.90 Å². The number of hydrogen-bond acceptors (Lipinski definition) is 2. The number of rotatable bonds is 3. The Hall–Kier alpha value is -1.15. The lowest BCUT2D eigenvalue weighted by molar-refractivity contribution is -0.137. The summed E-state index contributed by atoms with van der Waals surface area (Å²) in [6.07, 6.45) is 4.08. The standard InChI is InChI=1S/C15H20O2/c1-2-14(16)13-10-6-7-11-15(13,17)12-8-4-3-5-9-12/h3-5,8-9,13,17H,2,6-7,10-11H2,1H3. The molecular formula is C15H20O2. The predicted octanol–water partition coefficient (Wildman–Crippen LogP) is 3.04. The molecule has 2 rings (SSSR count). The number of benzene rings is 1. The minimum atomic E-state index is -0.938. The fourth-order valence-corrected chi connectivity index (χ4v) is 2.90. The molecule has 1 aliphatic carbocycles. The zero-order valence-corrected chi connectivity index (χ0v) is 10.4. The van der Waals surface area contributed by atoms with Gasteiger partial charge in [-0.05, 0) is 18.4 Å². The van der Waals surface area contributed by atoms with Crippen LogP contribution in [0.3, 0.4) is 0 Å². The molecule has 2 unspecified atom stereocenters. The lowest BCUT2D eigenvalue weighted by Gasteiger charge is -2.39. The highest BCUT2D eigenvalue weighted by atomic mass is 16.3. The molecular weight excluding hydrogens is 212 g/mol. The van der Waals surface area contributed by atoms with Crippen LogP contribution >= 0.6 is 0 Å². The highest BCUT2D eigenvalue weighted by molar-refractivity contribution is 5.82. The Morgan fingerprint density at radius 3 is 2.71 bits per heavy atom. The van der Waals surface area contributed by atoms with Crippen LogP contribution in [0.5, 0.6) is 0 Å². The Morgan fingerprint density at radius 1 is 1.35 bits per heavy atom. The van der Waals surface area contributed by atoms with Crippen molar-refractivity contribution in [3.63, 3.8) is 0 Å². The van der Waals surface area contributed by atoms with E-state index >= 15 is 0 Å². The molecule has 0 aliphatic heterocycles. The van der Waals surface area contributed by atoms with Crippen molar-refractivity contribution in [2.24, 2.45) is 5.92 Å². The molecule has 17 heavy (non-hydrogen) atoms. The first-order valence-electron chi connectivity index (χ1n) is 6.49. The molecule has 0 heterocycles. The lowest BCUT2D eigenvalue weighted by atomic mass is 9.69. The molecule has 0 aromatic heterocycles. The van der Waals surface area contributed by atoms with Crippen molar-refractivity contribution in [3.05, 3.63) is 35.9 Å². The first kappa shape index (κ1) is 12.3. The lowest BCUT2D eigenvalue weighted by Crippen LogP contribution is -2.42. The largest absolute Gasteiger partial charge is 0.384 e. The zero-order chi connectivity index (χ0) is 12.3. The number of carbonyl (C=O) groups is 1. The highest BCUT2D eigenvalue weighted by Crippen LogP contribution is 2.42. The molecule has 1 aliphatic rings. The van der Waals surface area contributed by atoms with Crippen LogP contribution < -0.4 is 0 Å². The smallest absolute Gasteiger partial charge is 0.138 e. The molecule has 2 nitrogen and oxygen atoms in total. The molecule has 0 amide bonds. The van der Waals surface area contributed by atoms with Crippen molar-refractivity contribution in [1.82, 2.24) is 0 Å². The topological polar surface area (TPSA) is 37.3 Å². The quantitative estimate of drug-likeness (QED) is 0.869. The minimum absolute atomic E-state index is 0.191. The van der Waals surface area contributed by atoms with Crippen LogP contribution in [0.1, 0.15) is 44.6 Å². The van der Waals surface area contributed by atoms with Crippen LogP contribution in [0, 0.1) is 5.92 Å².